The van der Waals surface area contributed by atoms with Crippen LogP contribution in [0.25, 0.3) is 0 Å². The SMILES string of the molecule is CCC1C(=O)N(C)c2cnc(Nc3ccc(C(=O)NC4CCN(C)CC4)cc3)nc2N1C1CCCC1. The predicted molar refractivity (Wildman–Crippen MR) is 142 cm³/mol. The second kappa shape index (κ2) is 10.4. The molecule has 36 heavy (non-hydrogen) atoms. The Bertz CT molecular complexity index is 1090. The molecule has 2 aromatic rings. The van der Waals surface area contributed by atoms with Gasteiger partial charge in [0.1, 0.15) is 11.7 Å². The van der Waals surface area contributed by atoms with Crippen LogP contribution < -0.4 is 20.4 Å². The van der Waals surface area contributed by atoms with Gasteiger partial charge in [0.15, 0.2) is 5.82 Å². The molecular weight excluding hydrogens is 454 g/mol. The third-order valence-corrected chi connectivity index (χ3v) is 7.87. The first-order valence-electron chi connectivity index (χ1n) is 13.2. The molecule has 2 N–H and O–H groups in total. The predicted octanol–water partition coefficient (Wildman–Crippen LogP) is 3.55. The van der Waals surface area contributed by atoms with Gasteiger partial charge in [0.2, 0.25) is 11.9 Å². The minimum atomic E-state index is -0.198. The van der Waals surface area contributed by atoms with Crippen LogP contribution in [0.5, 0.6) is 0 Å². The van der Waals surface area contributed by atoms with Gasteiger partial charge in [-0.05, 0) is 76.5 Å². The highest BCUT2D eigenvalue weighted by molar-refractivity contribution is 6.04. The molecule has 2 amide bonds. The quantitative estimate of drug-likeness (QED) is 0.638. The van der Waals surface area contributed by atoms with E-state index in [9.17, 15) is 9.59 Å². The number of hydrogen-bond acceptors (Lipinski definition) is 7. The highest BCUT2D eigenvalue weighted by atomic mass is 16.2. The molecule has 3 heterocycles. The number of anilines is 4. The van der Waals surface area contributed by atoms with E-state index in [2.05, 4.69) is 39.4 Å². The van der Waals surface area contributed by atoms with Crippen LogP contribution in [0.1, 0.15) is 62.2 Å². The van der Waals surface area contributed by atoms with E-state index in [-0.39, 0.29) is 23.9 Å². The van der Waals surface area contributed by atoms with Crippen molar-refractivity contribution in [2.45, 2.75) is 70.0 Å². The topological polar surface area (TPSA) is 93.7 Å². The van der Waals surface area contributed by atoms with Crippen molar-refractivity contribution in [1.29, 1.82) is 0 Å². The van der Waals surface area contributed by atoms with E-state index >= 15 is 0 Å². The van der Waals surface area contributed by atoms with Gasteiger partial charge in [-0.15, -0.1) is 0 Å². The summed E-state index contributed by atoms with van der Waals surface area (Å²) in [5.41, 5.74) is 2.21. The number of hydrogen-bond donors (Lipinski definition) is 2. The first-order chi connectivity index (χ1) is 17.4. The summed E-state index contributed by atoms with van der Waals surface area (Å²) in [6.45, 7) is 4.08. The monoisotopic (exact) mass is 491 g/mol. The van der Waals surface area contributed by atoms with Crippen molar-refractivity contribution in [3.63, 3.8) is 0 Å². The van der Waals surface area contributed by atoms with Gasteiger partial charge in [0.05, 0.1) is 6.20 Å². The second-order valence-electron chi connectivity index (χ2n) is 10.3. The van der Waals surface area contributed by atoms with E-state index < -0.39 is 0 Å². The Labute approximate surface area is 213 Å². The number of amides is 2. The molecule has 2 fully saturated rings. The second-order valence-corrected chi connectivity index (χ2v) is 10.3. The molecular formula is C27H37N7O2. The molecule has 1 unspecified atom stereocenters. The largest absolute Gasteiger partial charge is 0.349 e. The molecule has 1 atom stereocenters. The van der Waals surface area contributed by atoms with Gasteiger partial charge in [-0.25, -0.2) is 4.98 Å². The molecule has 1 aromatic heterocycles. The lowest BCUT2D eigenvalue weighted by Crippen LogP contribution is -2.55. The molecule has 3 aliphatic rings. The summed E-state index contributed by atoms with van der Waals surface area (Å²) in [5, 5.41) is 6.45. The fraction of sp³-hybridized carbons (Fsp3) is 0.556. The molecule has 1 aromatic carbocycles. The maximum absolute atomic E-state index is 13.1. The molecule has 1 aliphatic carbocycles. The van der Waals surface area contributed by atoms with E-state index in [1.54, 1.807) is 11.1 Å². The molecule has 2 aliphatic heterocycles. The van der Waals surface area contributed by atoms with Gasteiger partial charge < -0.3 is 25.3 Å². The minimum Gasteiger partial charge on any atom is -0.349 e. The molecule has 1 saturated carbocycles. The lowest BCUT2D eigenvalue weighted by atomic mass is 10.0. The van der Waals surface area contributed by atoms with Gasteiger partial charge in [-0.1, -0.05) is 19.8 Å². The van der Waals surface area contributed by atoms with Gasteiger partial charge in [0, 0.05) is 30.4 Å². The maximum Gasteiger partial charge on any atom is 0.251 e. The number of likely N-dealkylation sites (tertiary alicyclic amines) is 1. The number of benzene rings is 1. The summed E-state index contributed by atoms with van der Waals surface area (Å²) >= 11 is 0. The van der Waals surface area contributed by atoms with E-state index in [0.717, 1.165) is 62.4 Å². The Kier molecular flexibility index (Phi) is 7.09. The average molecular weight is 492 g/mol. The van der Waals surface area contributed by atoms with Crippen molar-refractivity contribution in [2.75, 3.05) is 42.3 Å². The first kappa shape index (κ1) is 24.5. The van der Waals surface area contributed by atoms with Crippen LogP contribution in [0.15, 0.2) is 30.5 Å². The van der Waals surface area contributed by atoms with Crippen LogP contribution in [0.3, 0.4) is 0 Å². The number of carbonyl (C=O) groups is 2. The summed E-state index contributed by atoms with van der Waals surface area (Å²) in [7, 11) is 3.92. The summed E-state index contributed by atoms with van der Waals surface area (Å²) < 4.78 is 0. The standard InChI is InChI=1S/C27H37N7O2/c1-4-22-26(36)33(3)23-17-28-27(31-24(23)34(22)21-7-5-6-8-21)30-19-11-9-18(10-12-19)25(35)29-20-13-15-32(2)16-14-20/h9-12,17,20-22H,4-8,13-16H2,1-3H3,(H,29,35)(H,28,30,31). The molecule has 0 radical (unpaired) electrons. The molecule has 9 nitrogen and oxygen atoms in total. The van der Waals surface area contributed by atoms with Crippen LogP contribution in [0, 0.1) is 0 Å². The lowest BCUT2D eigenvalue weighted by molar-refractivity contribution is -0.120. The smallest absolute Gasteiger partial charge is 0.251 e. The zero-order valence-corrected chi connectivity index (χ0v) is 21.5. The Morgan fingerprint density at radius 3 is 2.42 bits per heavy atom. The number of piperidine rings is 1. The number of aromatic nitrogens is 2. The third kappa shape index (κ3) is 4.89. The molecule has 9 heteroatoms. The highest BCUT2D eigenvalue weighted by Crippen LogP contribution is 2.40. The normalized spacial score (nSPS) is 21.5. The zero-order valence-electron chi connectivity index (χ0n) is 21.5. The van der Waals surface area contributed by atoms with E-state index in [0.29, 0.717) is 17.6 Å². The average Bonchev–Trinajstić information content (AvgIpc) is 3.42. The fourth-order valence-electron chi connectivity index (χ4n) is 5.70. The van der Waals surface area contributed by atoms with Gasteiger partial charge in [-0.2, -0.15) is 4.98 Å². The molecule has 192 valence electrons. The third-order valence-electron chi connectivity index (χ3n) is 7.87. The first-order valence-corrected chi connectivity index (χ1v) is 13.2. The number of nitrogens with zero attached hydrogens (tertiary/aromatic N) is 5. The summed E-state index contributed by atoms with van der Waals surface area (Å²) in [5.74, 6) is 1.38. The molecule has 5 rings (SSSR count). The van der Waals surface area contributed by atoms with Crippen molar-refractivity contribution in [3.8, 4) is 0 Å². The van der Waals surface area contributed by atoms with E-state index in [1.165, 1.54) is 12.8 Å². The van der Waals surface area contributed by atoms with Gasteiger partial charge in [-0.3, -0.25) is 9.59 Å². The Hall–Kier alpha value is -3.20. The summed E-state index contributed by atoms with van der Waals surface area (Å²) in [6, 6.07) is 7.78. The van der Waals surface area contributed by atoms with Crippen LogP contribution in [-0.2, 0) is 4.79 Å². The van der Waals surface area contributed by atoms with Crippen molar-refractivity contribution in [1.82, 2.24) is 20.2 Å². The molecule has 0 bridgehead atoms. The molecule has 1 saturated heterocycles. The van der Waals surface area contributed by atoms with Crippen molar-refractivity contribution >= 4 is 35.0 Å². The summed E-state index contributed by atoms with van der Waals surface area (Å²) in [6.07, 6.45) is 8.98. The Morgan fingerprint density at radius 2 is 1.75 bits per heavy atom. The van der Waals surface area contributed by atoms with Crippen LogP contribution in [-0.4, -0.2) is 72.0 Å². The minimum absolute atomic E-state index is 0.0355. The number of likely N-dealkylation sites (N-methyl/N-ethyl adjacent to an activating group) is 1. The number of fused-ring (bicyclic) bond motifs is 1. The Morgan fingerprint density at radius 1 is 1.06 bits per heavy atom. The molecule has 0 spiro atoms. The number of nitrogens with one attached hydrogen (secondary N) is 2. The maximum atomic E-state index is 13.1. The van der Waals surface area contributed by atoms with Crippen molar-refractivity contribution < 1.29 is 9.59 Å². The number of rotatable bonds is 6. The zero-order chi connectivity index (χ0) is 25.2. The van der Waals surface area contributed by atoms with Gasteiger partial charge >= 0.3 is 0 Å². The van der Waals surface area contributed by atoms with Crippen molar-refractivity contribution in [2.24, 2.45) is 0 Å². The summed E-state index contributed by atoms with van der Waals surface area (Å²) in [4.78, 5) is 41.4. The Balaban J connectivity index is 1.31. The fourth-order valence-corrected chi connectivity index (χ4v) is 5.70. The van der Waals surface area contributed by atoms with Crippen LogP contribution in [0.4, 0.5) is 23.1 Å². The van der Waals surface area contributed by atoms with Crippen LogP contribution >= 0.6 is 0 Å². The van der Waals surface area contributed by atoms with Crippen molar-refractivity contribution in [3.05, 3.63) is 36.0 Å². The van der Waals surface area contributed by atoms with Crippen LogP contribution in [0.2, 0.25) is 0 Å². The van der Waals surface area contributed by atoms with E-state index in [4.69, 9.17) is 4.98 Å². The lowest BCUT2D eigenvalue weighted by Gasteiger charge is -2.43. The number of carbonyl (C=O) groups excluding carboxylic acids is 2. The highest BCUT2D eigenvalue weighted by Gasteiger charge is 2.41. The van der Waals surface area contributed by atoms with E-state index in [1.807, 2.05) is 31.3 Å². The van der Waals surface area contributed by atoms with Gasteiger partial charge in [0.25, 0.3) is 5.91 Å².